The summed E-state index contributed by atoms with van der Waals surface area (Å²) in [6, 6.07) is 0. The molecule has 0 aliphatic carbocycles. The second-order valence-electron chi connectivity index (χ2n) is 3.83. The Morgan fingerprint density at radius 1 is 1.00 bits per heavy atom. The van der Waals surface area contributed by atoms with Crippen molar-refractivity contribution in [2.24, 2.45) is 0 Å². The Hall–Kier alpha value is 0.370. The van der Waals surface area contributed by atoms with Gasteiger partial charge in [-0.1, -0.05) is 26.7 Å². The third kappa shape index (κ3) is 7.74. The molecule has 0 radical (unpaired) electrons. The molecule has 14 heavy (non-hydrogen) atoms. The van der Waals surface area contributed by atoms with Gasteiger partial charge in [0.15, 0.2) is 0 Å². The molecule has 1 nitrogen and oxygen atoms in total. The lowest BCUT2D eigenvalue weighted by molar-refractivity contribution is -0.119. The SMILES string of the molecule is CCCC(S)CC(=O)CC(S)CCC. The van der Waals surface area contributed by atoms with Crippen LogP contribution in [0.2, 0.25) is 0 Å². The summed E-state index contributed by atoms with van der Waals surface area (Å²) in [5, 5.41) is 0.490. The molecular weight excluding hydrogens is 212 g/mol. The standard InChI is InChI=1S/C11H22OS2/c1-3-5-10(13)7-9(12)8-11(14)6-4-2/h10-11,13-14H,3-8H2,1-2H3. The Morgan fingerprint density at radius 2 is 1.36 bits per heavy atom. The van der Waals surface area contributed by atoms with Crippen LogP contribution in [0.4, 0.5) is 0 Å². The van der Waals surface area contributed by atoms with E-state index in [9.17, 15) is 4.79 Å². The summed E-state index contributed by atoms with van der Waals surface area (Å²) in [6.07, 6.45) is 5.47. The van der Waals surface area contributed by atoms with Gasteiger partial charge < -0.3 is 0 Å². The maximum Gasteiger partial charge on any atom is 0.135 e. The topological polar surface area (TPSA) is 17.1 Å². The van der Waals surface area contributed by atoms with E-state index in [1.807, 2.05) is 0 Å². The fourth-order valence-electron chi connectivity index (χ4n) is 1.48. The lowest BCUT2D eigenvalue weighted by Crippen LogP contribution is -2.13. The highest BCUT2D eigenvalue weighted by molar-refractivity contribution is 7.81. The molecule has 0 amide bonds. The molecule has 2 atom stereocenters. The molecule has 0 aromatic rings. The highest BCUT2D eigenvalue weighted by Crippen LogP contribution is 2.15. The van der Waals surface area contributed by atoms with Crippen molar-refractivity contribution in [3.8, 4) is 0 Å². The molecule has 0 aromatic heterocycles. The van der Waals surface area contributed by atoms with Crippen molar-refractivity contribution >= 4 is 31.0 Å². The highest BCUT2D eigenvalue weighted by Gasteiger charge is 2.12. The Balaban J connectivity index is 3.63. The van der Waals surface area contributed by atoms with E-state index in [0.29, 0.717) is 18.6 Å². The van der Waals surface area contributed by atoms with Gasteiger partial charge in [-0.25, -0.2) is 0 Å². The average Bonchev–Trinajstić information content (AvgIpc) is 2.03. The summed E-state index contributed by atoms with van der Waals surface area (Å²) in [6.45, 7) is 4.23. The molecule has 2 unspecified atom stereocenters. The van der Waals surface area contributed by atoms with Gasteiger partial charge in [-0.15, -0.1) is 0 Å². The minimum atomic E-state index is 0.245. The maximum atomic E-state index is 11.5. The van der Waals surface area contributed by atoms with Crippen molar-refractivity contribution in [2.75, 3.05) is 0 Å². The molecule has 0 N–H and O–H groups in total. The number of Topliss-reactive ketones (excluding diaryl/α,β-unsaturated/α-hetero) is 1. The fraction of sp³-hybridized carbons (Fsp3) is 0.909. The zero-order valence-corrected chi connectivity index (χ0v) is 11.0. The number of rotatable bonds is 8. The van der Waals surface area contributed by atoms with Crippen molar-refractivity contribution in [2.45, 2.75) is 62.9 Å². The van der Waals surface area contributed by atoms with Crippen LogP contribution >= 0.6 is 25.3 Å². The molecule has 0 aliphatic rings. The van der Waals surface area contributed by atoms with Crippen LogP contribution in [0.15, 0.2) is 0 Å². The molecule has 0 fully saturated rings. The van der Waals surface area contributed by atoms with Gasteiger partial charge in [0, 0.05) is 23.3 Å². The predicted octanol–water partition coefficient (Wildman–Crippen LogP) is 3.53. The van der Waals surface area contributed by atoms with E-state index in [1.165, 1.54) is 0 Å². The third-order valence-electron chi connectivity index (χ3n) is 2.17. The monoisotopic (exact) mass is 234 g/mol. The van der Waals surface area contributed by atoms with Gasteiger partial charge in [-0.2, -0.15) is 25.3 Å². The van der Waals surface area contributed by atoms with E-state index in [0.717, 1.165) is 25.7 Å². The molecule has 0 rings (SSSR count). The summed E-state index contributed by atoms with van der Waals surface area (Å²) in [5.41, 5.74) is 0. The van der Waals surface area contributed by atoms with E-state index >= 15 is 0 Å². The number of hydrogen-bond donors (Lipinski definition) is 2. The van der Waals surface area contributed by atoms with E-state index in [2.05, 4.69) is 39.1 Å². The van der Waals surface area contributed by atoms with Crippen LogP contribution in [0, 0.1) is 0 Å². The van der Waals surface area contributed by atoms with Crippen molar-refractivity contribution in [3.05, 3.63) is 0 Å². The number of carbonyl (C=O) groups excluding carboxylic acids is 1. The van der Waals surface area contributed by atoms with Crippen LogP contribution in [0.5, 0.6) is 0 Å². The number of thiol groups is 2. The van der Waals surface area contributed by atoms with Gasteiger partial charge in [-0.3, -0.25) is 4.79 Å². The van der Waals surface area contributed by atoms with Gasteiger partial charge in [0.25, 0.3) is 0 Å². The van der Waals surface area contributed by atoms with Crippen LogP contribution in [0.1, 0.15) is 52.4 Å². The Morgan fingerprint density at radius 3 is 1.64 bits per heavy atom. The fourth-order valence-corrected chi connectivity index (χ4v) is 2.40. The first-order valence-corrected chi connectivity index (χ1v) is 6.51. The van der Waals surface area contributed by atoms with Crippen LogP contribution in [0.3, 0.4) is 0 Å². The zero-order chi connectivity index (χ0) is 11.0. The van der Waals surface area contributed by atoms with Crippen molar-refractivity contribution in [1.82, 2.24) is 0 Å². The van der Waals surface area contributed by atoms with Gasteiger partial charge in [0.2, 0.25) is 0 Å². The molecule has 0 saturated carbocycles. The molecule has 0 saturated heterocycles. The first-order chi connectivity index (χ1) is 6.60. The molecule has 0 spiro atoms. The predicted molar refractivity (Wildman–Crippen MR) is 69.6 cm³/mol. The van der Waals surface area contributed by atoms with E-state index in [4.69, 9.17) is 0 Å². The second kappa shape index (κ2) is 8.66. The number of carbonyl (C=O) groups is 1. The summed E-state index contributed by atoms with van der Waals surface area (Å²) in [7, 11) is 0. The normalized spacial score (nSPS) is 15.1. The largest absolute Gasteiger partial charge is 0.300 e. The van der Waals surface area contributed by atoms with Crippen LogP contribution < -0.4 is 0 Å². The molecule has 0 heterocycles. The van der Waals surface area contributed by atoms with E-state index in [-0.39, 0.29) is 10.5 Å². The number of hydrogen-bond acceptors (Lipinski definition) is 3. The molecule has 0 aromatic carbocycles. The summed E-state index contributed by atoms with van der Waals surface area (Å²) in [4.78, 5) is 11.5. The van der Waals surface area contributed by atoms with Crippen molar-refractivity contribution in [1.29, 1.82) is 0 Å². The highest BCUT2D eigenvalue weighted by atomic mass is 32.1. The van der Waals surface area contributed by atoms with Gasteiger partial charge in [0.1, 0.15) is 5.78 Å². The minimum absolute atomic E-state index is 0.245. The van der Waals surface area contributed by atoms with Crippen LogP contribution in [-0.2, 0) is 4.79 Å². The minimum Gasteiger partial charge on any atom is -0.300 e. The first kappa shape index (κ1) is 14.4. The average molecular weight is 234 g/mol. The zero-order valence-electron chi connectivity index (χ0n) is 9.20. The first-order valence-electron chi connectivity index (χ1n) is 5.47. The Bertz CT molecular complexity index is 143. The Labute approximate surface area is 98.9 Å². The second-order valence-corrected chi connectivity index (χ2v) is 5.29. The number of ketones is 1. The molecular formula is C11H22OS2. The molecule has 3 heteroatoms. The van der Waals surface area contributed by atoms with Crippen LogP contribution in [-0.4, -0.2) is 16.3 Å². The summed E-state index contributed by atoms with van der Waals surface area (Å²) >= 11 is 8.76. The van der Waals surface area contributed by atoms with Gasteiger partial charge >= 0.3 is 0 Å². The van der Waals surface area contributed by atoms with Gasteiger partial charge in [0.05, 0.1) is 0 Å². The molecule has 0 bridgehead atoms. The maximum absolute atomic E-state index is 11.5. The smallest absolute Gasteiger partial charge is 0.135 e. The summed E-state index contributed by atoms with van der Waals surface area (Å²) in [5.74, 6) is 0.312. The van der Waals surface area contributed by atoms with Crippen molar-refractivity contribution in [3.63, 3.8) is 0 Å². The molecule has 0 aliphatic heterocycles. The van der Waals surface area contributed by atoms with Crippen molar-refractivity contribution < 1.29 is 4.79 Å². The third-order valence-corrected chi connectivity index (χ3v) is 3.05. The van der Waals surface area contributed by atoms with E-state index in [1.54, 1.807) is 0 Å². The van der Waals surface area contributed by atoms with Gasteiger partial charge in [-0.05, 0) is 12.8 Å². The Kier molecular flexibility index (Phi) is 8.89. The molecule has 84 valence electrons. The lowest BCUT2D eigenvalue weighted by Gasteiger charge is -2.11. The van der Waals surface area contributed by atoms with E-state index < -0.39 is 0 Å². The van der Waals surface area contributed by atoms with Crippen LogP contribution in [0.25, 0.3) is 0 Å². The summed E-state index contributed by atoms with van der Waals surface area (Å²) < 4.78 is 0. The lowest BCUT2D eigenvalue weighted by atomic mass is 10.1. The quantitative estimate of drug-likeness (QED) is 0.614.